The predicted octanol–water partition coefficient (Wildman–Crippen LogP) is 2.99. The minimum atomic E-state index is -1.23. The molecule has 156 valence electrons. The number of hydrogen-bond donors (Lipinski definition) is 4. The first kappa shape index (κ1) is 20.8. The van der Waals surface area contributed by atoms with Crippen LogP contribution in [0.2, 0.25) is 5.02 Å². The molecule has 0 saturated carbocycles. The molecule has 4 N–H and O–H groups in total. The molecule has 2 aliphatic rings. The molecule has 3 heterocycles. The smallest absolute Gasteiger partial charge is 0.129 e. The number of aliphatic hydroxyl groups is 1. The fraction of sp³-hybridized carbons (Fsp3) is 0.304. The minimum Gasteiger partial charge on any atom is -0.379 e. The standard InChI is InChI=1S/C19H16ClN3O.C4H10N2/c1-19(24,18-10-21-11-23-18)16-7-13-3-2-6-22-17(13)8-12-4-5-14(20)9-15(12)16;1-2-6-4-3-5-1/h2-7,9-11,24H,8H2,1H3,(H,21,23);5-6H,1-4H2. The van der Waals surface area contributed by atoms with Crippen LogP contribution in [0.4, 0.5) is 0 Å². The fourth-order valence-electron chi connectivity index (χ4n) is 3.77. The molecule has 1 aromatic carbocycles. The van der Waals surface area contributed by atoms with Crippen LogP contribution in [0.3, 0.4) is 0 Å². The summed E-state index contributed by atoms with van der Waals surface area (Å²) in [6, 6.07) is 9.69. The highest BCUT2D eigenvalue weighted by Crippen LogP contribution is 2.41. The summed E-state index contributed by atoms with van der Waals surface area (Å²) in [5.74, 6) is 0. The molecule has 6 nitrogen and oxygen atoms in total. The van der Waals surface area contributed by atoms with Crippen LogP contribution in [0.15, 0.2) is 49.1 Å². The number of halogens is 1. The van der Waals surface area contributed by atoms with Gasteiger partial charge in [-0.2, -0.15) is 0 Å². The highest BCUT2D eigenvalue weighted by Gasteiger charge is 2.33. The summed E-state index contributed by atoms with van der Waals surface area (Å²) >= 11 is 6.24. The number of aromatic nitrogens is 3. The molecule has 30 heavy (non-hydrogen) atoms. The molecule has 5 rings (SSSR count). The number of H-pyrrole nitrogens is 1. The second-order valence-electron chi connectivity index (χ2n) is 7.61. The Hall–Kier alpha value is -2.51. The van der Waals surface area contributed by atoms with Crippen molar-refractivity contribution in [2.24, 2.45) is 0 Å². The molecule has 1 aliphatic carbocycles. The van der Waals surface area contributed by atoms with Gasteiger partial charge in [0.25, 0.3) is 0 Å². The lowest BCUT2D eigenvalue weighted by Crippen LogP contribution is -2.39. The molecule has 1 aliphatic heterocycles. The first-order valence-corrected chi connectivity index (χ1v) is 10.5. The number of benzene rings is 1. The largest absolute Gasteiger partial charge is 0.379 e. The number of rotatable bonds is 2. The third kappa shape index (κ3) is 4.47. The summed E-state index contributed by atoms with van der Waals surface area (Å²) < 4.78 is 0. The average molecular weight is 424 g/mol. The summed E-state index contributed by atoms with van der Waals surface area (Å²) in [6.07, 6.45) is 7.68. The summed E-state index contributed by atoms with van der Waals surface area (Å²) in [5.41, 5.74) is 4.18. The molecule has 1 unspecified atom stereocenters. The lowest BCUT2D eigenvalue weighted by Gasteiger charge is -2.27. The van der Waals surface area contributed by atoms with E-state index in [-0.39, 0.29) is 0 Å². The zero-order chi connectivity index (χ0) is 21.0. The van der Waals surface area contributed by atoms with Crippen molar-refractivity contribution in [3.8, 4) is 0 Å². The van der Waals surface area contributed by atoms with E-state index < -0.39 is 5.60 Å². The minimum absolute atomic E-state index is 0.631. The van der Waals surface area contributed by atoms with E-state index in [1.807, 2.05) is 36.4 Å². The van der Waals surface area contributed by atoms with Gasteiger partial charge in [-0.1, -0.05) is 23.7 Å². The van der Waals surface area contributed by atoms with Gasteiger partial charge in [0.05, 0.1) is 23.9 Å². The maximum atomic E-state index is 11.3. The number of pyridine rings is 1. The van der Waals surface area contributed by atoms with Crippen LogP contribution in [0.25, 0.3) is 11.6 Å². The number of imidazole rings is 1. The van der Waals surface area contributed by atoms with Gasteiger partial charge >= 0.3 is 0 Å². The first-order valence-electron chi connectivity index (χ1n) is 10.1. The Morgan fingerprint density at radius 2 is 1.87 bits per heavy atom. The van der Waals surface area contributed by atoms with Gasteiger partial charge < -0.3 is 20.7 Å². The molecule has 0 bridgehead atoms. The molecule has 7 heteroatoms. The second kappa shape index (κ2) is 9.10. The van der Waals surface area contributed by atoms with Crippen molar-refractivity contribution in [3.05, 3.63) is 82.2 Å². The third-order valence-electron chi connectivity index (χ3n) is 5.45. The van der Waals surface area contributed by atoms with Crippen LogP contribution >= 0.6 is 11.6 Å². The van der Waals surface area contributed by atoms with Crippen molar-refractivity contribution >= 4 is 23.3 Å². The van der Waals surface area contributed by atoms with Crippen LogP contribution < -0.4 is 10.6 Å². The van der Waals surface area contributed by atoms with Gasteiger partial charge in [0, 0.05) is 43.8 Å². The molecule has 3 aromatic rings. The Morgan fingerprint density at radius 1 is 1.10 bits per heavy atom. The van der Waals surface area contributed by atoms with Crippen molar-refractivity contribution in [1.82, 2.24) is 25.6 Å². The number of nitrogens with zero attached hydrogens (tertiary/aromatic N) is 2. The Kier molecular flexibility index (Phi) is 6.29. The maximum Gasteiger partial charge on any atom is 0.129 e. The van der Waals surface area contributed by atoms with Crippen molar-refractivity contribution < 1.29 is 5.11 Å². The summed E-state index contributed by atoms with van der Waals surface area (Å²) in [5, 5.41) is 18.4. The quantitative estimate of drug-likeness (QED) is 0.509. The van der Waals surface area contributed by atoms with Gasteiger partial charge in [-0.25, -0.2) is 4.98 Å². The van der Waals surface area contributed by atoms with Crippen molar-refractivity contribution in [2.45, 2.75) is 18.9 Å². The van der Waals surface area contributed by atoms with Crippen LogP contribution in [0.5, 0.6) is 0 Å². The Bertz CT molecular complexity index is 1010. The van der Waals surface area contributed by atoms with Gasteiger partial charge in [0.2, 0.25) is 0 Å². The number of piperazine rings is 1. The lowest BCUT2D eigenvalue weighted by molar-refractivity contribution is 0.118. The number of aromatic amines is 1. The zero-order valence-electron chi connectivity index (χ0n) is 17.0. The van der Waals surface area contributed by atoms with Crippen LogP contribution in [-0.2, 0) is 12.0 Å². The summed E-state index contributed by atoms with van der Waals surface area (Å²) in [4.78, 5) is 11.6. The van der Waals surface area contributed by atoms with E-state index in [9.17, 15) is 5.11 Å². The Labute approximate surface area is 181 Å². The van der Waals surface area contributed by atoms with Gasteiger partial charge in [-0.15, -0.1) is 0 Å². The van der Waals surface area contributed by atoms with Crippen LogP contribution in [-0.4, -0.2) is 46.2 Å². The normalized spacial score (nSPS) is 17.4. The first-order chi connectivity index (χ1) is 14.6. The highest BCUT2D eigenvalue weighted by atomic mass is 35.5. The van der Waals surface area contributed by atoms with E-state index in [0.29, 0.717) is 17.1 Å². The predicted molar refractivity (Wildman–Crippen MR) is 120 cm³/mol. The van der Waals surface area contributed by atoms with E-state index in [4.69, 9.17) is 11.6 Å². The summed E-state index contributed by atoms with van der Waals surface area (Å²) in [7, 11) is 0. The van der Waals surface area contributed by atoms with Crippen LogP contribution in [0.1, 0.15) is 35.0 Å². The van der Waals surface area contributed by atoms with Crippen molar-refractivity contribution in [2.75, 3.05) is 26.2 Å². The second-order valence-corrected chi connectivity index (χ2v) is 8.05. The molecule has 1 atom stereocenters. The number of hydrogen-bond acceptors (Lipinski definition) is 5. The monoisotopic (exact) mass is 423 g/mol. The van der Waals surface area contributed by atoms with Gasteiger partial charge in [-0.05, 0) is 53.5 Å². The van der Waals surface area contributed by atoms with Gasteiger partial charge in [0.1, 0.15) is 5.60 Å². The Morgan fingerprint density at radius 3 is 2.53 bits per heavy atom. The lowest BCUT2D eigenvalue weighted by atomic mass is 9.85. The van der Waals surface area contributed by atoms with Crippen molar-refractivity contribution in [1.29, 1.82) is 0 Å². The number of nitrogens with one attached hydrogen (secondary N) is 3. The van der Waals surface area contributed by atoms with E-state index >= 15 is 0 Å². The molecule has 2 aromatic heterocycles. The molecule has 1 saturated heterocycles. The molecular formula is C23H26ClN5O. The van der Waals surface area contributed by atoms with E-state index in [0.717, 1.165) is 54.1 Å². The maximum absolute atomic E-state index is 11.3. The SMILES string of the molecule is C1CNCCN1.CC(O)(C1=Cc2cccnc2Cc2ccc(Cl)cc21)c1cnc[nH]1. The molecular weight excluding hydrogens is 398 g/mol. The average Bonchev–Trinajstić information content (AvgIpc) is 3.26. The molecule has 0 spiro atoms. The fourth-order valence-corrected chi connectivity index (χ4v) is 3.94. The van der Waals surface area contributed by atoms with Crippen molar-refractivity contribution in [3.63, 3.8) is 0 Å². The zero-order valence-corrected chi connectivity index (χ0v) is 17.7. The number of fused-ring (bicyclic) bond motifs is 2. The molecule has 0 amide bonds. The topological polar surface area (TPSA) is 85.9 Å². The van der Waals surface area contributed by atoms with Gasteiger partial charge in [-0.3, -0.25) is 4.98 Å². The van der Waals surface area contributed by atoms with E-state index in [2.05, 4.69) is 25.6 Å². The van der Waals surface area contributed by atoms with Gasteiger partial charge in [0.15, 0.2) is 0 Å². The third-order valence-corrected chi connectivity index (χ3v) is 5.68. The Balaban J connectivity index is 0.000000313. The highest BCUT2D eigenvalue weighted by molar-refractivity contribution is 6.30. The van der Waals surface area contributed by atoms with E-state index in [1.54, 1.807) is 25.6 Å². The molecule has 1 fully saturated rings. The summed E-state index contributed by atoms with van der Waals surface area (Å²) in [6.45, 7) is 6.32. The van der Waals surface area contributed by atoms with E-state index in [1.165, 1.54) is 0 Å². The molecule has 0 radical (unpaired) electrons. The van der Waals surface area contributed by atoms with Crippen LogP contribution in [0, 0.1) is 0 Å².